The molecule has 0 radical (unpaired) electrons. The molecule has 4 heteroatoms. The molecule has 0 aliphatic carbocycles. The monoisotopic (exact) mass is 330 g/mol. The lowest BCUT2D eigenvalue weighted by molar-refractivity contribution is 0.168. The van der Waals surface area contributed by atoms with E-state index >= 15 is 0 Å². The van der Waals surface area contributed by atoms with E-state index in [9.17, 15) is 0 Å². The van der Waals surface area contributed by atoms with Gasteiger partial charge >= 0.3 is 0 Å². The molecule has 0 unspecified atom stereocenters. The summed E-state index contributed by atoms with van der Waals surface area (Å²) in [7, 11) is 6.82. The summed E-state index contributed by atoms with van der Waals surface area (Å²) < 4.78 is 21.2. The van der Waals surface area contributed by atoms with Crippen molar-refractivity contribution in [1.29, 1.82) is 0 Å². The lowest BCUT2D eigenvalue weighted by Crippen LogP contribution is -2.00. The Balaban J connectivity index is 2.39. The average Bonchev–Trinajstić information content (AvgIpc) is 2.59. The lowest BCUT2D eigenvalue weighted by atomic mass is 9.96. The second kappa shape index (κ2) is 9.55. The average molecular weight is 330 g/mol. The first kappa shape index (κ1) is 18.6. The summed E-state index contributed by atoms with van der Waals surface area (Å²) in [5.41, 5.74) is 6.90. The topological polar surface area (TPSA) is 36.9 Å². The summed E-state index contributed by atoms with van der Waals surface area (Å²) in [6, 6.07) is 12.8. The van der Waals surface area contributed by atoms with Crippen LogP contribution in [0.5, 0.6) is 0 Å². The van der Waals surface area contributed by atoms with Gasteiger partial charge < -0.3 is 18.9 Å². The number of methoxy groups -OCH3 is 4. The largest absolute Gasteiger partial charge is 0.380 e. The van der Waals surface area contributed by atoms with Crippen LogP contribution in [-0.4, -0.2) is 28.4 Å². The van der Waals surface area contributed by atoms with Crippen molar-refractivity contribution in [2.75, 3.05) is 28.4 Å². The highest BCUT2D eigenvalue weighted by Gasteiger charge is 2.09. The molecular weight excluding hydrogens is 304 g/mol. The number of rotatable bonds is 9. The van der Waals surface area contributed by atoms with E-state index in [2.05, 4.69) is 36.4 Å². The fourth-order valence-electron chi connectivity index (χ4n) is 2.78. The number of benzene rings is 2. The highest BCUT2D eigenvalue weighted by molar-refractivity contribution is 5.66. The van der Waals surface area contributed by atoms with Crippen LogP contribution in [0.2, 0.25) is 0 Å². The highest BCUT2D eigenvalue weighted by atomic mass is 16.5. The van der Waals surface area contributed by atoms with Crippen molar-refractivity contribution in [2.45, 2.75) is 26.4 Å². The van der Waals surface area contributed by atoms with Crippen LogP contribution < -0.4 is 0 Å². The van der Waals surface area contributed by atoms with Crippen molar-refractivity contribution in [2.24, 2.45) is 0 Å². The first-order valence-corrected chi connectivity index (χ1v) is 7.93. The van der Waals surface area contributed by atoms with E-state index in [-0.39, 0.29) is 0 Å². The molecular formula is C20H26O4. The molecule has 0 aromatic heterocycles. The normalized spacial score (nSPS) is 11.0. The van der Waals surface area contributed by atoms with Crippen LogP contribution >= 0.6 is 0 Å². The minimum Gasteiger partial charge on any atom is -0.380 e. The summed E-state index contributed by atoms with van der Waals surface area (Å²) in [6.45, 7) is 2.31. The van der Waals surface area contributed by atoms with Crippen molar-refractivity contribution in [3.8, 4) is 11.1 Å². The van der Waals surface area contributed by atoms with Crippen molar-refractivity contribution in [3.63, 3.8) is 0 Å². The van der Waals surface area contributed by atoms with Crippen molar-refractivity contribution in [3.05, 3.63) is 58.7 Å². The molecule has 2 rings (SSSR count). The van der Waals surface area contributed by atoms with Crippen LogP contribution in [0.4, 0.5) is 0 Å². The van der Waals surface area contributed by atoms with E-state index in [1.165, 1.54) is 0 Å². The SMILES string of the molecule is COCc1ccc(-c2ccc(COC)c(COC)c2)cc1COC. The molecule has 0 aliphatic heterocycles. The zero-order chi connectivity index (χ0) is 17.4. The van der Waals surface area contributed by atoms with Crippen LogP contribution in [0.15, 0.2) is 36.4 Å². The molecule has 0 saturated carbocycles. The predicted octanol–water partition coefficient (Wildman–Crippen LogP) is 3.94. The second-order valence-electron chi connectivity index (χ2n) is 5.70. The van der Waals surface area contributed by atoms with Crippen LogP contribution in [-0.2, 0) is 45.4 Å². The Hall–Kier alpha value is -1.72. The Morgan fingerprint density at radius 2 is 0.833 bits per heavy atom. The van der Waals surface area contributed by atoms with Gasteiger partial charge in [-0.15, -0.1) is 0 Å². The fourth-order valence-corrected chi connectivity index (χ4v) is 2.78. The van der Waals surface area contributed by atoms with E-state index in [0.29, 0.717) is 26.4 Å². The highest BCUT2D eigenvalue weighted by Crippen LogP contribution is 2.26. The molecule has 24 heavy (non-hydrogen) atoms. The molecule has 2 aromatic carbocycles. The Kier molecular flexibility index (Phi) is 7.40. The third-order valence-corrected chi connectivity index (χ3v) is 3.95. The molecule has 130 valence electrons. The van der Waals surface area contributed by atoms with Gasteiger partial charge in [0, 0.05) is 28.4 Å². The van der Waals surface area contributed by atoms with E-state index in [1.807, 2.05) is 0 Å². The van der Waals surface area contributed by atoms with E-state index < -0.39 is 0 Å². The van der Waals surface area contributed by atoms with E-state index in [1.54, 1.807) is 28.4 Å². The van der Waals surface area contributed by atoms with Gasteiger partial charge in [-0.25, -0.2) is 0 Å². The Morgan fingerprint density at radius 3 is 1.17 bits per heavy atom. The first-order chi connectivity index (χ1) is 11.7. The molecule has 0 N–H and O–H groups in total. The van der Waals surface area contributed by atoms with Gasteiger partial charge in [-0.1, -0.05) is 24.3 Å². The third kappa shape index (κ3) is 4.65. The molecule has 0 heterocycles. The smallest absolute Gasteiger partial charge is 0.0716 e. The Morgan fingerprint density at radius 1 is 0.500 bits per heavy atom. The summed E-state index contributed by atoms with van der Waals surface area (Å²) in [5.74, 6) is 0. The van der Waals surface area contributed by atoms with Crippen molar-refractivity contribution < 1.29 is 18.9 Å². The number of hydrogen-bond donors (Lipinski definition) is 0. The third-order valence-electron chi connectivity index (χ3n) is 3.95. The molecule has 0 amide bonds. The van der Waals surface area contributed by atoms with Crippen LogP contribution in [0.25, 0.3) is 11.1 Å². The van der Waals surface area contributed by atoms with Gasteiger partial charge in [-0.3, -0.25) is 0 Å². The second-order valence-corrected chi connectivity index (χ2v) is 5.70. The molecule has 0 bridgehead atoms. The van der Waals surface area contributed by atoms with Crippen LogP contribution in [0.3, 0.4) is 0 Å². The van der Waals surface area contributed by atoms with Crippen molar-refractivity contribution >= 4 is 0 Å². The predicted molar refractivity (Wildman–Crippen MR) is 94.7 cm³/mol. The van der Waals surface area contributed by atoms with Gasteiger partial charge in [0.2, 0.25) is 0 Å². The van der Waals surface area contributed by atoms with Crippen molar-refractivity contribution in [1.82, 2.24) is 0 Å². The fraction of sp³-hybridized carbons (Fsp3) is 0.400. The lowest BCUT2D eigenvalue weighted by Gasteiger charge is -2.14. The minimum atomic E-state index is 0.569. The number of ether oxygens (including phenoxy) is 4. The van der Waals surface area contributed by atoms with E-state index in [4.69, 9.17) is 18.9 Å². The van der Waals surface area contributed by atoms with Gasteiger partial charge in [-0.05, 0) is 45.5 Å². The molecule has 0 atom stereocenters. The summed E-state index contributed by atoms with van der Waals surface area (Å²) in [4.78, 5) is 0. The zero-order valence-electron chi connectivity index (χ0n) is 14.9. The maximum atomic E-state index is 5.33. The van der Waals surface area contributed by atoms with Crippen LogP contribution in [0.1, 0.15) is 22.3 Å². The molecule has 0 saturated heterocycles. The molecule has 2 aromatic rings. The molecule has 0 spiro atoms. The maximum absolute atomic E-state index is 5.33. The maximum Gasteiger partial charge on any atom is 0.0716 e. The van der Waals surface area contributed by atoms with Gasteiger partial charge in [0.05, 0.1) is 26.4 Å². The quantitative estimate of drug-likeness (QED) is 0.698. The minimum absolute atomic E-state index is 0.569. The van der Waals surface area contributed by atoms with Gasteiger partial charge in [0.15, 0.2) is 0 Å². The van der Waals surface area contributed by atoms with Gasteiger partial charge in [0.25, 0.3) is 0 Å². The Labute approximate surface area is 144 Å². The van der Waals surface area contributed by atoms with E-state index in [0.717, 1.165) is 33.4 Å². The van der Waals surface area contributed by atoms with Gasteiger partial charge in [-0.2, -0.15) is 0 Å². The molecule has 4 nitrogen and oxygen atoms in total. The summed E-state index contributed by atoms with van der Waals surface area (Å²) in [6.07, 6.45) is 0. The zero-order valence-corrected chi connectivity index (χ0v) is 14.9. The molecule has 0 fully saturated rings. The standard InChI is InChI=1S/C20H26O4/c1-21-11-17-7-5-15(9-19(17)13-23-3)16-6-8-18(12-22-2)20(10-16)14-24-4/h5-10H,11-14H2,1-4H3. The van der Waals surface area contributed by atoms with Gasteiger partial charge in [0.1, 0.15) is 0 Å². The summed E-state index contributed by atoms with van der Waals surface area (Å²) in [5, 5.41) is 0. The first-order valence-electron chi connectivity index (χ1n) is 7.93. The summed E-state index contributed by atoms with van der Waals surface area (Å²) >= 11 is 0. The van der Waals surface area contributed by atoms with Crippen LogP contribution in [0, 0.1) is 0 Å². The Bertz CT molecular complexity index is 595. The molecule has 0 aliphatic rings. The number of hydrogen-bond acceptors (Lipinski definition) is 4.